The predicted octanol–water partition coefficient (Wildman–Crippen LogP) is 3.41. The molecule has 0 aliphatic carbocycles. The van der Waals surface area contributed by atoms with Crippen molar-refractivity contribution in [3.05, 3.63) is 23.4 Å². The van der Waals surface area contributed by atoms with Gasteiger partial charge >= 0.3 is 0 Å². The van der Waals surface area contributed by atoms with Crippen LogP contribution in [0.5, 0.6) is 5.88 Å². The average Bonchev–Trinajstić information content (AvgIpc) is 2.27. The van der Waals surface area contributed by atoms with Crippen LogP contribution >= 0.6 is 0 Å². The molecular formula is C14H21NO. The minimum absolute atomic E-state index is 0.539. The van der Waals surface area contributed by atoms with E-state index in [2.05, 4.69) is 38.7 Å². The number of hydrogen-bond acceptors (Lipinski definition) is 2. The van der Waals surface area contributed by atoms with Crippen LogP contribution in [0.25, 0.3) is 0 Å². The maximum atomic E-state index is 5.72. The van der Waals surface area contributed by atoms with E-state index in [9.17, 15) is 0 Å². The van der Waals surface area contributed by atoms with E-state index in [0.717, 1.165) is 18.9 Å². The van der Waals surface area contributed by atoms with Gasteiger partial charge < -0.3 is 4.74 Å². The molecule has 1 aromatic heterocycles. The number of hydrogen-bond donors (Lipinski definition) is 0. The summed E-state index contributed by atoms with van der Waals surface area (Å²) in [5.74, 6) is 2.70. The second kappa shape index (κ2) is 4.44. The van der Waals surface area contributed by atoms with Crippen LogP contribution in [0.4, 0.5) is 0 Å². The molecule has 0 saturated heterocycles. The van der Waals surface area contributed by atoms with Gasteiger partial charge in [-0.25, -0.2) is 4.98 Å². The van der Waals surface area contributed by atoms with E-state index < -0.39 is 0 Å². The molecule has 0 fully saturated rings. The van der Waals surface area contributed by atoms with Crippen molar-refractivity contribution >= 4 is 0 Å². The SMILES string of the molecule is CC(C)c1cnc2c(c1)CC(C(C)C)CO2. The third-order valence-electron chi connectivity index (χ3n) is 3.47. The van der Waals surface area contributed by atoms with Gasteiger partial charge in [0.15, 0.2) is 0 Å². The Balaban J connectivity index is 2.25. The molecule has 2 heteroatoms. The lowest BCUT2D eigenvalue weighted by Crippen LogP contribution is -2.25. The molecule has 0 bridgehead atoms. The fourth-order valence-electron chi connectivity index (χ4n) is 2.06. The highest BCUT2D eigenvalue weighted by Crippen LogP contribution is 2.30. The van der Waals surface area contributed by atoms with Gasteiger partial charge in [0.25, 0.3) is 0 Å². The van der Waals surface area contributed by atoms with Crippen LogP contribution in [0, 0.1) is 11.8 Å². The first kappa shape index (κ1) is 11.4. The smallest absolute Gasteiger partial charge is 0.216 e. The molecule has 0 spiro atoms. The van der Waals surface area contributed by atoms with Gasteiger partial charge in [-0.05, 0) is 35.8 Å². The van der Waals surface area contributed by atoms with Gasteiger partial charge in [0, 0.05) is 11.8 Å². The lowest BCUT2D eigenvalue weighted by molar-refractivity contribution is 0.177. The highest BCUT2D eigenvalue weighted by atomic mass is 16.5. The Morgan fingerprint density at radius 3 is 2.69 bits per heavy atom. The summed E-state index contributed by atoms with van der Waals surface area (Å²) >= 11 is 0. The van der Waals surface area contributed by atoms with Crippen molar-refractivity contribution in [2.45, 2.75) is 40.0 Å². The maximum absolute atomic E-state index is 5.72. The molecule has 16 heavy (non-hydrogen) atoms. The van der Waals surface area contributed by atoms with E-state index in [4.69, 9.17) is 4.74 Å². The molecule has 2 nitrogen and oxygen atoms in total. The zero-order chi connectivity index (χ0) is 11.7. The lowest BCUT2D eigenvalue weighted by Gasteiger charge is -2.27. The molecule has 2 heterocycles. The Kier molecular flexibility index (Phi) is 3.17. The molecule has 1 unspecified atom stereocenters. The summed E-state index contributed by atoms with van der Waals surface area (Å²) in [5.41, 5.74) is 2.60. The second-order valence-corrected chi connectivity index (χ2v) is 5.41. The van der Waals surface area contributed by atoms with Gasteiger partial charge in [0.05, 0.1) is 6.61 Å². The standard InChI is InChI=1S/C14H21NO/c1-9(2)12-5-11-6-13(10(3)4)8-16-14(11)15-7-12/h5,7,9-10,13H,6,8H2,1-4H3. The number of rotatable bonds is 2. The van der Waals surface area contributed by atoms with Gasteiger partial charge in [-0.1, -0.05) is 27.7 Å². The van der Waals surface area contributed by atoms with E-state index in [1.165, 1.54) is 11.1 Å². The zero-order valence-corrected chi connectivity index (χ0v) is 10.7. The van der Waals surface area contributed by atoms with E-state index >= 15 is 0 Å². The van der Waals surface area contributed by atoms with Crippen molar-refractivity contribution in [2.24, 2.45) is 11.8 Å². The molecule has 88 valence electrons. The minimum atomic E-state index is 0.539. The van der Waals surface area contributed by atoms with Gasteiger partial charge in [-0.3, -0.25) is 0 Å². The quantitative estimate of drug-likeness (QED) is 0.760. The highest BCUT2D eigenvalue weighted by Gasteiger charge is 2.23. The van der Waals surface area contributed by atoms with Crippen molar-refractivity contribution in [1.29, 1.82) is 0 Å². The highest BCUT2D eigenvalue weighted by molar-refractivity contribution is 5.33. The van der Waals surface area contributed by atoms with Gasteiger partial charge in [0.2, 0.25) is 5.88 Å². The molecule has 0 amide bonds. The summed E-state index contributed by atoms with van der Waals surface area (Å²) in [6.45, 7) is 9.75. The Bertz CT molecular complexity index is 371. The monoisotopic (exact) mass is 219 g/mol. The predicted molar refractivity (Wildman–Crippen MR) is 65.9 cm³/mol. The molecule has 1 aliphatic heterocycles. The van der Waals surface area contributed by atoms with Crippen LogP contribution in [0.2, 0.25) is 0 Å². The molecule has 0 aromatic carbocycles. The lowest BCUT2D eigenvalue weighted by atomic mass is 9.88. The van der Waals surface area contributed by atoms with Crippen LogP contribution < -0.4 is 4.74 Å². The summed E-state index contributed by atoms with van der Waals surface area (Å²) in [6.07, 6.45) is 3.06. The normalized spacial score (nSPS) is 19.8. The molecular weight excluding hydrogens is 198 g/mol. The third kappa shape index (κ3) is 2.21. The van der Waals surface area contributed by atoms with E-state index in [1.807, 2.05) is 6.20 Å². The molecule has 1 aromatic rings. The Labute approximate surface area is 98.0 Å². The summed E-state index contributed by atoms with van der Waals surface area (Å²) in [7, 11) is 0. The summed E-state index contributed by atoms with van der Waals surface area (Å²) in [4.78, 5) is 4.41. The first-order valence-electron chi connectivity index (χ1n) is 6.19. The van der Waals surface area contributed by atoms with Crippen molar-refractivity contribution in [3.63, 3.8) is 0 Å². The number of pyridine rings is 1. The van der Waals surface area contributed by atoms with Gasteiger partial charge in [-0.2, -0.15) is 0 Å². The second-order valence-electron chi connectivity index (χ2n) is 5.41. The Hall–Kier alpha value is -1.05. The molecule has 2 rings (SSSR count). The van der Waals surface area contributed by atoms with Gasteiger partial charge in [0.1, 0.15) is 0 Å². The fraction of sp³-hybridized carbons (Fsp3) is 0.643. The molecule has 0 radical (unpaired) electrons. The number of aromatic nitrogens is 1. The fourth-order valence-corrected chi connectivity index (χ4v) is 2.06. The van der Waals surface area contributed by atoms with Crippen molar-refractivity contribution in [2.75, 3.05) is 6.61 Å². The van der Waals surface area contributed by atoms with Crippen LogP contribution in [0.15, 0.2) is 12.3 Å². The largest absolute Gasteiger partial charge is 0.477 e. The molecule has 0 N–H and O–H groups in total. The van der Waals surface area contributed by atoms with E-state index in [0.29, 0.717) is 17.8 Å². The van der Waals surface area contributed by atoms with Crippen molar-refractivity contribution < 1.29 is 4.74 Å². The Morgan fingerprint density at radius 2 is 2.06 bits per heavy atom. The third-order valence-corrected chi connectivity index (χ3v) is 3.47. The molecule has 1 atom stereocenters. The van der Waals surface area contributed by atoms with Crippen LogP contribution in [-0.2, 0) is 6.42 Å². The Morgan fingerprint density at radius 1 is 1.31 bits per heavy atom. The zero-order valence-electron chi connectivity index (χ0n) is 10.7. The number of nitrogens with zero attached hydrogens (tertiary/aromatic N) is 1. The van der Waals surface area contributed by atoms with Crippen molar-refractivity contribution in [1.82, 2.24) is 4.98 Å². The maximum Gasteiger partial charge on any atom is 0.216 e. The van der Waals surface area contributed by atoms with Gasteiger partial charge in [-0.15, -0.1) is 0 Å². The van der Waals surface area contributed by atoms with Crippen molar-refractivity contribution in [3.8, 4) is 5.88 Å². The average molecular weight is 219 g/mol. The summed E-state index contributed by atoms with van der Waals surface area (Å²) in [6, 6.07) is 2.27. The topological polar surface area (TPSA) is 22.1 Å². The summed E-state index contributed by atoms with van der Waals surface area (Å²) < 4.78 is 5.72. The van der Waals surface area contributed by atoms with Crippen LogP contribution in [0.1, 0.15) is 44.7 Å². The first-order chi connectivity index (χ1) is 7.58. The van der Waals surface area contributed by atoms with E-state index in [-0.39, 0.29) is 0 Å². The summed E-state index contributed by atoms with van der Waals surface area (Å²) in [5, 5.41) is 0. The van der Waals surface area contributed by atoms with Crippen LogP contribution in [-0.4, -0.2) is 11.6 Å². The minimum Gasteiger partial charge on any atom is -0.477 e. The number of fused-ring (bicyclic) bond motifs is 1. The molecule has 1 aliphatic rings. The molecule has 0 saturated carbocycles. The number of ether oxygens (including phenoxy) is 1. The first-order valence-corrected chi connectivity index (χ1v) is 6.19. The van der Waals surface area contributed by atoms with Crippen LogP contribution in [0.3, 0.4) is 0 Å². The van der Waals surface area contributed by atoms with E-state index in [1.54, 1.807) is 0 Å².